The van der Waals surface area contributed by atoms with Gasteiger partial charge in [-0.1, -0.05) is 11.6 Å². The molecule has 25 heavy (non-hydrogen) atoms. The molecule has 0 bridgehead atoms. The molecule has 0 atom stereocenters. The first-order valence-corrected chi connectivity index (χ1v) is 10.1. The molecule has 0 unspecified atom stereocenters. The number of halogens is 3. The summed E-state index contributed by atoms with van der Waals surface area (Å²) in [5.41, 5.74) is 0.184. The fraction of sp³-hybridized carbons (Fsp3) is 0.600. The van der Waals surface area contributed by atoms with E-state index in [1.54, 1.807) is 4.57 Å². The van der Waals surface area contributed by atoms with Crippen molar-refractivity contribution in [3.05, 3.63) is 23.2 Å². The van der Waals surface area contributed by atoms with Gasteiger partial charge in [-0.05, 0) is 18.8 Å². The summed E-state index contributed by atoms with van der Waals surface area (Å²) in [7, 11) is -3.19. The minimum absolute atomic E-state index is 0.00664. The number of alkyl halides is 2. The van der Waals surface area contributed by atoms with Crippen molar-refractivity contribution in [2.75, 3.05) is 19.3 Å². The summed E-state index contributed by atoms with van der Waals surface area (Å²) >= 11 is 6.02. The van der Waals surface area contributed by atoms with E-state index in [0.29, 0.717) is 38.1 Å². The summed E-state index contributed by atoms with van der Waals surface area (Å²) in [6, 6.07) is 0. The summed E-state index contributed by atoms with van der Waals surface area (Å²) in [5, 5.41) is 0.178. The molecule has 0 saturated carbocycles. The Morgan fingerprint density at radius 3 is 2.52 bits per heavy atom. The SMILES string of the molecule is CC(F)(F)c1cn(CC2CCN(S(C)(=O)=O)CC2)c2ncnc(Cl)c12. The highest BCUT2D eigenvalue weighted by molar-refractivity contribution is 7.88. The molecule has 0 radical (unpaired) electrons. The van der Waals surface area contributed by atoms with E-state index < -0.39 is 15.9 Å². The third kappa shape index (κ3) is 3.78. The van der Waals surface area contributed by atoms with Gasteiger partial charge in [0.1, 0.15) is 17.1 Å². The molecule has 1 saturated heterocycles. The zero-order valence-corrected chi connectivity index (χ0v) is 15.5. The molecule has 1 fully saturated rings. The lowest BCUT2D eigenvalue weighted by Crippen LogP contribution is -2.38. The lowest BCUT2D eigenvalue weighted by molar-refractivity contribution is 0.0188. The molecule has 0 spiro atoms. The van der Waals surface area contributed by atoms with Gasteiger partial charge >= 0.3 is 0 Å². The lowest BCUT2D eigenvalue weighted by atomic mass is 9.98. The Morgan fingerprint density at radius 2 is 1.96 bits per heavy atom. The maximum absolute atomic E-state index is 13.9. The Bertz CT molecular complexity index is 887. The first-order chi connectivity index (χ1) is 11.6. The van der Waals surface area contributed by atoms with Crippen LogP contribution in [0.3, 0.4) is 0 Å². The van der Waals surface area contributed by atoms with Crippen molar-refractivity contribution in [2.24, 2.45) is 5.92 Å². The van der Waals surface area contributed by atoms with Crippen molar-refractivity contribution >= 4 is 32.7 Å². The fourth-order valence-corrected chi connectivity index (χ4v) is 4.36. The van der Waals surface area contributed by atoms with Crippen LogP contribution in [-0.4, -0.2) is 46.6 Å². The van der Waals surface area contributed by atoms with Gasteiger partial charge in [-0.15, -0.1) is 0 Å². The fourth-order valence-electron chi connectivity index (χ4n) is 3.26. The second kappa shape index (κ2) is 6.44. The number of nitrogens with zero attached hydrogens (tertiary/aromatic N) is 4. The zero-order chi connectivity index (χ0) is 18.4. The van der Waals surface area contributed by atoms with Crippen molar-refractivity contribution in [2.45, 2.75) is 32.2 Å². The van der Waals surface area contributed by atoms with Crippen molar-refractivity contribution in [3.8, 4) is 0 Å². The lowest BCUT2D eigenvalue weighted by Gasteiger charge is -2.30. The summed E-state index contributed by atoms with van der Waals surface area (Å²) < 4.78 is 54.2. The van der Waals surface area contributed by atoms with Crippen molar-refractivity contribution in [3.63, 3.8) is 0 Å². The minimum Gasteiger partial charge on any atom is -0.332 e. The molecule has 0 N–H and O–H groups in total. The number of hydrogen-bond acceptors (Lipinski definition) is 4. The molecular weight excluding hydrogens is 374 g/mol. The van der Waals surface area contributed by atoms with Crippen LogP contribution in [-0.2, 0) is 22.5 Å². The summed E-state index contributed by atoms with van der Waals surface area (Å²) in [5.74, 6) is -2.88. The van der Waals surface area contributed by atoms with E-state index >= 15 is 0 Å². The van der Waals surface area contributed by atoms with E-state index in [4.69, 9.17) is 11.6 Å². The normalized spacial score (nSPS) is 18.1. The Hall–Kier alpha value is -1.32. The van der Waals surface area contributed by atoms with Gasteiger partial charge in [0.15, 0.2) is 0 Å². The van der Waals surface area contributed by atoms with Gasteiger partial charge in [-0.3, -0.25) is 0 Å². The van der Waals surface area contributed by atoms with Crippen LogP contribution in [0.15, 0.2) is 12.5 Å². The number of piperidine rings is 1. The average molecular weight is 393 g/mol. The van der Waals surface area contributed by atoms with Crippen molar-refractivity contribution in [1.29, 1.82) is 0 Å². The van der Waals surface area contributed by atoms with Crippen LogP contribution in [0.5, 0.6) is 0 Å². The Balaban J connectivity index is 1.87. The van der Waals surface area contributed by atoms with Gasteiger partial charge in [0, 0.05) is 32.8 Å². The van der Waals surface area contributed by atoms with E-state index in [1.165, 1.54) is 23.1 Å². The number of rotatable bonds is 4. The first-order valence-electron chi connectivity index (χ1n) is 7.90. The Labute approximate surface area is 149 Å². The number of hydrogen-bond donors (Lipinski definition) is 0. The van der Waals surface area contributed by atoms with Gasteiger partial charge in [-0.2, -0.15) is 0 Å². The summed E-state index contributed by atoms with van der Waals surface area (Å²) in [6.07, 6.45) is 5.17. The third-order valence-corrected chi connectivity index (χ3v) is 6.17. The smallest absolute Gasteiger partial charge is 0.272 e. The van der Waals surface area contributed by atoms with Crippen LogP contribution in [0.1, 0.15) is 25.3 Å². The standard InChI is InChI=1S/C15H19ClF2N4O2S/c1-15(17,18)11-8-21(14-12(11)13(16)19-9-20-14)7-10-3-5-22(6-4-10)25(2,23)24/h8-10H,3-7H2,1-2H3. The third-order valence-electron chi connectivity index (χ3n) is 4.58. The molecule has 2 aromatic rings. The van der Waals surface area contributed by atoms with Crippen LogP contribution in [0, 0.1) is 5.92 Å². The molecular formula is C15H19ClF2N4O2S. The summed E-state index contributed by atoms with van der Waals surface area (Å²) in [6.45, 7) is 2.18. The van der Waals surface area contributed by atoms with E-state index in [2.05, 4.69) is 9.97 Å². The Kier molecular flexibility index (Phi) is 4.76. The van der Waals surface area contributed by atoms with Gasteiger partial charge in [-0.25, -0.2) is 31.5 Å². The highest BCUT2D eigenvalue weighted by atomic mass is 35.5. The average Bonchev–Trinajstić information content (AvgIpc) is 2.87. The maximum Gasteiger partial charge on any atom is 0.272 e. The van der Waals surface area contributed by atoms with Gasteiger partial charge in [0.05, 0.1) is 17.2 Å². The second-order valence-electron chi connectivity index (χ2n) is 6.55. The molecule has 0 aromatic carbocycles. The van der Waals surface area contributed by atoms with E-state index in [0.717, 1.165) is 6.92 Å². The van der Waals surface area contributed by atoms with Crippen LogP contribution in [0.25, 0.3) is 11.0 Å². The van der Waals surface area contributed by atoms with Crippen LogP contribution in [0.4, 0.5) is 8.78 Å². The number of aromatic nitrogens is 3. The van der Waals surface area contributed by atoms with Crippen LogP contribution >= 0.6 is 11.6 Å². The molecule has 0 amide bonds. The molecule has 6 nitrogen and oxygen atoms in total. The van der Waals surface area contributed by atoms with Gasteiger partial charge < -0.3 is 4.57 Å². The Morgan fingerprint density at radius 1 is 1.32 bits per heavy atom. The van der Waals surface area contributed by atoms with Crippen LogP contribution < -0.4 is 0 Å². The van der Waals surface area contributed by atoms with E-state index in [-0.39, 0.29) is 22.0 Å². The molecule has 2 aromatic heterocycles. The largest absolute Gasteiger partial charge is 0.332 e. The predicted octanol–water partition coefficient (Wildman–Crippen LogP) is 2.87. The molecule has 0 aliphatic carbocycles. The highest BCUT2D eigenvalue weighted by Crippen LogP contribution is 2.37. The predicted molar refractivity (Wildman–Crippen MR) is 91.2 cm³/mol. The monoisotopic (exact) mass is 392 g/mol. The van der Waals surface area contributed by atoms with E-state index in [9.17, 15) is 17.2 Å². The van der Waals surface area contributed by atoms with Crippen molar-refractivity contribution < 1.29 is 17.2 Å². The molecule has 3 rings (SSSR count). The topological polar surface area (TPSA) is 68.1 Å². The second-order valence-corrected chi connectivity index (χ2v) is 8.89. The quantitative estimate of drug-likeness (QED) is 0.750. The molecule has 10 heteroatoms. The zero-order valence-electron chi connectivity index (χ0n) is 13.9. The van der Waals surface area contributed by atoms with Crippen LogP contribution in [0.2, 0.25) is 5.15 Å². The van der Waals surface area contributed by atoms with E-state index in [1.807, 2.05) is 0 Å². The number of sulfonamides is 1. The van der Waals surface area contributed by atoms with Gasteiger partial charge in [0.25, 0.3) is 5.92 Å². The molecule has 1 aliphatic rings. The molecule has 3 heterocycles. The highest BCUT2D eigenvalue weighted by Gasteiger charge is 2.32. The van der Waals surface area contributed by atoms with Gasteiger partial charge in [0.2, 0.25) is 10.0 Å². The van der Waals surface area contributed by atoms with Crippen molar-refractivity contribution in [1.82, 2.24) is 18.8 Å². The first kappa shape index (κ1) is 18.5. The summed E-state index contributed by atoms with van der Waals surface area (Å²) in [4.78, 5) is 7.94. The number of fused-ring (bicyclic) bond motifs is 1. The minimum atomic E-state index is -3.19. The molecule has 1 aliphatic heterocycles. The molecule has 138 valence electrons. The maximum atomic E-state index is 13.9.